The van der Waals surface area contributed by atoms with E-state index in [0.29, 0.717) is 31.0 Å². The third kappa shape index (κ3) is 5.22. The molecule has 0 radical (unpaired) electrons. The number of benzene rings is 1. The minimum Gasteiger partial charge on any atom is -0.340 e. The van der Waals surface area contributed by atoms with E-state index in [1.165, 1.54) is 12.1 Å². The van der Waals surface area contributed by atoms with Crippen LogP contribution in [0.15, 0.2) is 24.3 Å². The summed E-state index contributed by atoms with van der Waals surface area (Å²) in [5.74, 6) is -0.434. The third-order valence-corrected chi connectivity index (χ3v) is 6.88. The van der Waals surface area contributed by atoms with Gasteiger partial charge in [0, 0.05) is 30.2 Å². The van der Waals surface area contributed by atoms with Crippen LogP contribution in [0.1, 0.15) is 62.4 Å². The first-order valence-corrected chi connectivity index (χ1v) is 11.0. The molecule has 1 heterocycles. The summed E-state index contributed by atoms with van der Waals surface area (Å²) in [4.78, 5) is 29.7. The highest BCUT2D eigenvalue weighted by Crippen LogP contribution is 2.34. The first-order valence-electron chi connectivity index (χ1n) is 11.0. The van der Waals surface area contributed by atoms with E-state index in [-0.39, 0.29) is 17.5 Å². The summed E-state index contributed by atoms with van der Waals surface area (Å²) in [5.41, 5.74) is -0.969. The van der Waals surface area contributed by atoms with Gasteiger partial charge in [-0.1, -0.05) is 13.0 Å². The number of nitrogens with one attached hydrogen (secondary N) is 1. The molecule has 1 N–H and O–H groups in total. The summed E-state index contributed by atoms with van der Waals surface area (Å²) in [7, 11) is 2.14. The molecule has 0 bridgehead atoms. The molecule has 3 rings (SSSR count). The van der Waals surface area contributed by atoms with Crippen LogP contribution in [-0.4, -0.2) is 59.4 Å². The maximum Gasteiger partial charge on any atom is 0.416 e. The Morgan fingerprint density at radius 1 is 1.23 bits per heavy atom. The molecule has 1 aliphatic heterocycles. The van der Waals surface area contributed by atoms with Gasteiger partial charge in [0.05, 0.1) is 5.56 Å². The molecule has 0 spiro atoms. The molecule has 0 aromatic heterocycles. The lowest BCUT2D eigenvalue weighted by atomic mass is 9.81. The van der Waals surface area contributed by atoms with Gasteiger partial charge in [-0.05, 0) is 70.7 Å². The molecule has 2 fully saturated rings. The van der Waals surface area contributed by atoms with Crippen molar-refractivity contribution < 1.29 is 22.8 Å². The smallest absolute Gasteiger partial charge is 0.340 e. The van der Waals surface area contributed by atoms with Crippen molar-refractivity contribution in [2.75, 3.05) is 13.6 Å². The maximum absolute atomic E-state index is 13.0. The van der Waals surface area contributed by atoms with Crippen molar-refractivity contribution in [2.24, 2.45) is 5.92 Å². The molecule has 172 valence electrons. The standard InChI is InChI=1S/C23H32F3N3O2/c1-14(2)28(4)18-8-9-20(15(3)12-18)29-11-10-19(22(29)31)27-21(30)16-6-5-7-17(13-16)23(24,25)26/h5-7,13-15,18-20H,8-12H2,1-4H3,(H,27,30)/t15-,18-,19?,20+/m1/s1. The molecule has 1 saturated carbocycles. The Balaban J connectivity index is 1.61. The minimum absolute atomic E-state index is 0.0910. The lowest BCUT2D eigenvalue weighted by Crippen LogP contribution is -2.51. The van der Waals surface area contributed by atoms with Crippen molar-refractivity contribution in [1.82, 2.24) is 15.1 Å². The van der Waals surface area contributed by atoms with Crippen molar-refractivity contribution >= 4 is 11.8 Å². The van der Waals surface area contributed by atoms with Crippen LogP contribution in [0.3, 0.4) is 0 Å². The third-order valence-electron chi connectivity index (χ3n) is 6.88. The minimum atomic E-state index is -4.52. The second-order valence-electron chi connectivity index (χ2n) is 9.20. The number of likely N-dealkylation sites (tertiary alicyclic amines) is 1. The number of nitrogens with zero attached hydrogens (tertiary/aromatic N) is 2. The first-order chi connectivity index (χ1) is 14.5. The van der Waals surface area contributed by atoms with Crippen molar-refractivity contribution in [3.63, 3.8) is 0 Å². The van der Waals surface area contributed by atoms with Gasteiger partial charge in [-0.25, -0.2) is 0 Å². The lowest BCUT2D eigenvalue weighted by Gasteiger charge is -2.43. The van der Waals surface area contributed by atoms with E-state index in [1.54, 1.807) is 0 Å². The molecule has 1 aliphatic carbocycles. The number of hydrogen-bond donors (Lipinski definition) is 1. The second-order valence-corrected chi connectivity index (χ2v) is 9.20. The lowest BCUT2D eigenvalue weighted by molar-refractivity contribution is -0.137. The quantitative estimate of drug-likeness (QED) is 0.756. The molecule has 1 unspecified atom stereocenters. The van der Waals surface area contributed by atoms with Gasteiger partial charge < -0.3 is 15.1 Å². The summed E-state index contributed by atoms with van der Waals surface area (Å²) in [6.45, 7) is 7.09. The van der Waals surface area contributed by atoms with Gasteiger partial charge in [-0.15, -0.1) is 0 Å². The molecule has 5 nitrogen and oxygen atoms in total. The highest BCUT2D eigenvalue weighted by molar-refractivity contribution is 5.98. The largest absolute Gasteiger partial charge is 0.416 e. The SMILES string of the molecule is CC(C)N(C)[C@@H]1CC[C@H](N2CCC(NC(=O)c3cccc(C(F)(F)F)c3)C2=O)[C@H](C)C1. The number of alkyl halides is 3. The number of halogens is 3. The van der Waals surface area contributed by atoms with E-state index < -0.39 is 23.7 Å². The van der Waals surface area contributed by atoms with Crippen LogP contribution in [0.5, 0.6) is 0 Å². The molecule has 31 heavy (non-hydrogen) atoms. The summed E-state index contributed by atoms with van der Waals surface area (Å²) in [6.07, 6.45) is -1.08. The Morgan fingerprint density at radius 2 is 1.94 bits per heavy atom. The molecule has 8 heteroatoms. The van der Waals surface area contributed by atoms with Crippen LogP contribution >= 0.6 is 0 Å². The van der Waals surface area contributed by atoms with Crippen molar-refractivity contribution in [2.45, 2.75) is 76.8 Å². The van der Waals surface area contributed by atoms with Crippen LogP contribution in [0.2, 0.25) is 0 Å². The fourth-order valence-corrected chi connectivity index (χ4v) is 4.85. The van der Waals surface area contributed by atoms with E-state index in [0.717, 1.165) is 31.4 Å². The Bertz CT molecular complexity index is 812. The predicted molar refractivity (Wildman–Crippen MR) is 113 cm³/mol. The maximum atomic E-state index is 13.0. The van der Waals surface area contributed by atoms with Gasteiger partial charge in [-0.2, -0.15) is 13.2 Å². The van der Waals surface area contributed by atoms with E-state index in [4.69, 9.17) is 0 Å². The van der Waals surface area contributed by atoms with Gasteiger partial charge in [0.15, 0.2) is 0 Å². The van der Waals surface area contributed by atoms with E-state index >= 15 is 0 Å². The monoisotopic (exact) mass is 439 g/mol. The second kappa shape index (κ2) is 9.18. The first kappa shape index (κ1) is 23.6. The Hall–Kier alpha value is -2.09. The van der Waals surface area contributed by atoms with Gasteiger partial charge >= 0.3 is 6.18 Å². The zero-order valence-corrected chi connectivity index (χ0v) is 18.6. The summed E-state index contributed by atoms with van der Waals surface area (Å²) < 4.78 is 38.8. The van der Waals surface area contributed by atoms with Crippen LogP contribution in [0.25, 0.3) is 0 Å². The number of carbonyl (C=O) groups excluding carboxylic acids is 2. The highest BCUT2D eigenvalue weighted by atomic mass is 19.4. The fraction of sp³-hybridized carbons (Fsp3) is 0.652. The molecular formula is C23H32F3N3O2. The number of carbonyl (C=O) groups is 2. The predicted octanol–water partition coefficient (Wildman–Crippen LogP) is 3.93. The van der Waals surface area contributed by atoms with Crippen LogP contribution in [0, 0.1) is 5.92 Å². The molecule has 4 atom stereocenters. The number of rotatable bonds is 5. The molecule has 2 amide bonds. The number of hydrogen-bond acceptors (Lipinski definition) is 3. The zero-order chi connectivity index (χ0) is 22.9. The zero-order valence-electron chi connectivity index (χ0n) is 18.6. The Morgan fingerprint density at radius 3 is 2.55 bits per heavy atom. The average Bonchev–Trinajstić information content (AvgIpc) is 3.06. The van der Waals surface area contributed by atoms with Crippen molar-refractivity contribution in [3.05, 3.63) is 35.4 Å². The van der Waals surface area contributed by atoms with Crippen molar-refractivity contribution in [3.8, 4) is 0 Å². The van der Waals surface area contributed by atoms with E-state index in [9.17, 15) is 22.8 Å². The van der Waals surface area contributed by atoms with Gasteiger partial charge in [0.2, 0.25) is 5.91 Å². The fourth-order valence-electron chi connectivity index (χ4n) is 4.85. The van der Waals surface area contributed by atoms with Gasteiger partial charge in [0.1, 0.15) is 6.04 Å². The van der Waals surface area contributed by atoms with Crippen molar-refractivity contribution in [1.29, 1.82) is 0 Å². The molecular weight excluding hydrogens is 407 g/mol. The van der Waals surface area contributed by atoms with E-state index in [2.05, 4.69) is 38.0 Å². The number of amides is 2. The normalized spacial score (nSPS) is 27.3. The molecule has 1 aromatic carbocycles. The topological polar surface area (TPSA) is 52.6 Å². The summed E-state index contributed by atoms with van der Waals surface area (Å²) >= 11 is 0. The summed E-state index contributed by atoms with van der Waals surface area (Å²) in [6, 6.07) is 4.70. The van der Waals surface area contributed by atoms with Gasteiger partial charge in [-0.3, -0.25) is 9.59 Å². The molecule has 1 aromatic rings. The van der Waals surface area contributed by atoms with Crippen LogP contribution in [-0.2, 0) is 11.0 Å². The highest BCUT2D eigenvalue weighted by Gasteiger charge is 2.41. The van der Waals surface area contributed by atoms with Crippen LogP contribution in [0.4, 0.5) is 13.2 Å². The van der Waals surface area contributed by atoms with Gasteiger partial charge in [0.25, 0.3) is 5.91 Å². The molecule has 2 aliphatic rings. The Kier molecular flexibility index (Phi) is 6.98. The Labute approximate surface area is 182 Å². The average molecular weight is 440 g/mol. The molecule has 1 saturated heterocycles. The van der Waals surface area contributed by atoms with Crippen LogP contribution < -0.4 is 5.32 Å². The van der Waals surface area contributed by atoms with E-state index in [1.807, 2.05) is 4.90 Å². The summed E-state index contributed by atoms with van der Waals surface area (Å²) in [5, 5.41) is 2.64.